The highest BCUT2D eigenvalue weighted by atomic mass is 35.5. The predicted octanol–water partition coefficient (Wildman–Crippen LogP) is 3.32. The predicted molar refractivity (Wildman–Crippen MR) is 75.8 cm³/mol. The number of benzene rings is 1. The van der Waals surface area contributed by atoms with Gasteiger partial charge >= 0.3 is 0 Å². The third kappa shape index (κ3) is 3.25. The molecule has 1 fully saturated rings. The van der Waals surface area contributed by atoms with E-state index in [1.165, 1.54) is 18.4 Å². The van der Waals surface area contributed by atoms with Crippen molar-refractivity contribution in [1.29, 1.82) is 0 Å². The normalized spacial score (nSPS) is 26.6. The Morgan fingerprint density at radius 3 is 2.50 bits per heavy atom. The van der Waals surface area contributed by atoms with Gasteiger partial charge in [0, 0.05) is 10.9 Å². The molecule has 3 N–H and O–H groups in total. The molecule has 1 aromatic carbocycles. The van der Waals surface area contributed by atoms with E-state index >= 15 is 0 Å². The van der Waals surface area contributed by atoms with E-state index in [-0.39, 0.29) is 12.0 Å². The van der Waals surface area contributed by atoms with Crippen LogP contribution < -0.4 is 5.73 Å². The van der Waals surface area contributed by atoms with Crippen LogP contribution in [0.2, 0.25) is 5.02 Å². The van der Waals surface area contributed by atoms with Gasteiger partial charge in [0.1, 0.15) is 0 Å². The van der Waals surface area contributed by atoms with Gasteiger partial charge in [-0.2, -0.15) is 0 Å². The van der Waals surface area contributed by atoms with Crippen LogP contribution in [0.4, 0.5) is 0 Å². The highest BCUT2D eigenvalue weighted by Crippen LogP contribution is 2.35. The van der Waals surface area contributed by atoms with Crippen LogP contribution in [0.5, 0.6) is 0 Å². The summed E-state index contributed by atoms with van der Waals surface area (Å²) in [7, 11) is 0. The fourth-order valence-corrected chi connectivity index (χ4v) is 3.18. The first kappa shape index (κ1) is 13.9. The maximum absolute atomic E-state index is 10.3. The minimum Gasteiger partial charge on any atom is -0.393 e. The minimum atomic E-state index is -0.211. The Hall–Kier alpha value is -0.570. The number of nitrogens with two attached hydrogens (primary N) is 1. The van der Waals surface area contributed by atoms with Crippen LogP contribution in [-0.4, -0.2) is 17.8 Å². The number of hydrogen-bond donors (Lipinski definition) is 2. The average molecular weight is 268 g/mol. The Morgan fingerprint density at radius 2 is 1.83 bits per heavy atom. The molecule has 100 valence electrons. The smallest absolute Gasteiger partial charge is 0.0574 e. The second kappa shape index (κ2) is 6.55. The molecule has 1 aliphatic carbocycles. The third-order valence-corrected chi connectivity index (χ3v) is 4.35. The average Bonchev–Trinajstić information content (AvgIpc) is 2.58. The minimum absolute atomic E-state index is 0.211. The van der Waals surface area contributed by atoms with Gasteiger partial charge in [0.15, 0.2) is 0 Å². The molecule has 0 radical (unpaired) electrons. The Labute approximate surface area is 114 Å². The first-order valence-electron chi connectivity index (χ1n) is 6.86. The SMILES string of the molecule is NC[C@@H](c1ccc(Cl)cc1)[C@H]1CCCCC[C@@H]1O. The highest BCUT2D eigenvalue weighted by molar-refractivity contribution is 6.30. The zero-order valence-electron chi connectivity index (χ0n) is 10.7. The van der Waals surface area contributed by atoms with E-state index < -0.39 is 0 Å². The summed E-state index contributed by atoms with van der Waals surface area (Å²) in [5, 5.41) is 11.0. The van der Waals surface area contributed by atoms with Crippen molar-refractivity contribution in [2.75, 3.05) is 6.54 Å². The number of halogens is 1. The summed E-state index contributed by atoms with van der Waals surface area (Å²) in [5.74, 6) is 0.536. The highest BCUT2D eigenvalue weighted by Gasteiger charge is 2.29. The molecule has 0 unspecified atom stereocenters. The van der Waals surface area contributed by atoms with Gasteiger partial charge in [-0.3, -0.25) is 0 Å². The zero-order valence-corrected chi connectivity index (χ0v) is 11.4. The van der Waals surface area contributed by atoms with Crippen LogP contribution in [-0.2, 0) is 0 Å². The standard InChI is InChI=1S/C15H22ClNO/c16-12-8-6-11(7-9-12)14(10-17)13-4-2-1-3-5-15(13)18/h6-9,13-15,18H,1-5,10,17H2/t13-,14+,15+/m1/s1. The summed E-state index contributed by atoms with van der Waals surface area (Å²) in [6.07, 6.45) is 5.34. The molecule has 0 bridgehead atoms. The van der Waals surface area contributed by atoms with Gasteiger partial charge in [0.25, 0.3) is 0 Å². The molecule has 0 heterocycles. The second-order valence-corrected chi connectivity index (χ2v) is 5.70. The Kier molecular flexibility index (Phi) is 5.04. The number of rotatable bonds is 3. The van der Waals surface area contributed by atoms with E-state index in [0.717, 1.165) is 24.3 Å². The molecule has 3 heteroatoms. The molecule has 1 aliphatic rings. The van der Waals surface area contributed by atoms with Crippen LogP contribution in [0.1, 0.15) is 43.6 Å². The molecule has 0 spiro atoms. The van der Waals surface area contributed by atoms with E-state index in [1.807, 2.05) is 24.3 Å². The van der Waals surface area contributed by atoms with Crippen molar-refractivity contribution < 1.29 is 5.11 Å². The van der Waals surface area contributed by atoms with Gasteiger partial charge in [-0.15, -0.1) is 0 Å². The number of hydrogen-bond acceptors (Lipinski definition) is 2. The van der Waals surface area contributed by atoms with Crippen LogP contribution in [0.15, 0.2) is 24.3 Å². The molecule has 0 saturated heterocycles. The van der Waals surface area contributed by atoms with Gasteiger partial charge in [0.2, 0.25) is 0 Å². The summed E-state index contributed by atoms with van der Waals surface area (Å²) >= 11 is 5.92. The van der Waals surface area contributed by atoms with Crippen molar-refractivity contribution in [2.45, 2.75) is 44.1 Å². The van der Waals surface area contributed by atoms with Crippen LogP contribution in [0.3, 0.4) is 0 Å². The Bertz CT molecular complexity index is 365. The molecule has 2 nitrogen and oxygen atoms in total. The lowest BCUT2D eigenvalue weighted by molar-refractivity contribution is 0.0862. The van der Waals surface area contributed by atoms with Crippen molar-refractivity contribution in [1.82, 2.24) is 0 Å². The first-order chi connectivity index (χ1) is 8.72. The molecule has 0 aliphatic heterocycles. The summed E-state index contributed by atoms with van der Waals surface area (Å²) in [5.41, 5.74) is 7.14. The number of aliphatic hydroxyl groups is 1. The molecular formula is C15H22ClNO. The van der Waals surface area contributed by atoms with Crippen molar-refractivity contribution in [2.24, 2.45) is 11.7 Å². The van der Waals surface area contributed by atoms with Crippen molar-refractivity contribution in [3.63, 3.8) is 0 Å². The summed E-state index contributed by atoms with van der Waals surface area (Å²) in [4.78, 5) is 0. The first-order valence-corrected chi connectivity index (χ1v) is 7.23. The molecule has 3 atom stereocenters. The van der Waals surface area contributed by atoms with E-state index in [4.69, 9.17) is 17.3 Å². The monoisotopic (exact) mass is 267 g/mol. The summed E-state index contributed by atoms with van der Waals surface area (Å²) in [6, 6.07) is 7.89. The Morgan fingerprint density at radius 1 is 1.17 bits per heavy atom. The lowest BCUT2D eigenvalue weighted by Crippen LogP contribution is -2.30. The lowest BCUT2D eigenvalue weighted by Gasteiger charge is -2.29. The van der Waals surface area contributed by atoms with Crippen molar-refractivity contribution in [3.05, 3.63) is 34.9 Å². The van der Waals surface area contributed by atoms with E-state index in [0.29, 0.717) is 12.5 Å². The molecule has 1 saturated carbocycles. The second-order valence-electron chi connectivity index (χ2n) is 5.26. The van der Waals surface area contributed by atoms with Gasteiger partial charge in [-0.1, -0.05) is 43.0 Å². The maximum atomic E-state index is 10.3. The van der Waals surface area contributed by atoms with Crippen molar-refractivity contribution >= 4 is 11.6 Å². The maximum Gasteiger partial charge on any atom is 0.0574 e. The topological polar surface area (TPSA) is 46.2 Å². The molecule has 2 rings (SSSR count). The van der Waals surface area contributed by atoms with Crippen molar-refractivity contribution in [3.8, 4) is 0 Å². The van der Waals surface area contributed by atoms with Crippen LogP contribution in [0, 0.1) is 5.92 Å². The van der Waals surface area contributed by atoms with Gasteiger partial charge in [0.05, 0.1) is 6.10 Å². The Balaban J connectivity index is 2.18. The quantitative estimate of drug-likeness (QED) is 0.826. The molecule has 0 aromatic heterocycles. The van der Waals surface area contributed by atoms with Crippen LogP contribution in [0.25, 0.3) is 0 Å². The van der Waals surface area contributed by atoms with E-state index in [1.54, 1.807) is 0 Å². The fraction of sp³-hybridized carbons (Fsp3) is 0.600. The zero-order chi connectivity index (χ0) is 13.0. The number of aliphatic hydroxyl groups excluding tert-OH is 1. The largest absolute Gasteiger partial charge is 0.393 e. The third-order valence-electron chi connectivity index (χ3n) is 4.10. The van der Waals surface area contributed by atoms with E-state index in [2.05, 4.69) is 0 Å². The molecule has 18 heavy (non-hydrogen) atoms. The lowest BCUT2D eigenvalue weighted by atomic mass is 9.80. The molecule has 1 aromatic rings. The molecular weight excluding hydrogens is 246 g/mol. The van der Waals surface area contributed by atoms with Gasteiger partial charge < -0.3 is 10.8 Å². The summed E-state index contributed by atoms with van der Waals surface area (Å²) < 4.78 is 0. The van der Waals surface area contributed by atoms with Gasteiger partial charge in [-0.05, 0) is 43.0 Å². The summed E-state index contributed by atoms with van der Waals surface area (Å²) in [6.45, 7) is 0.587. The van der Waals surface area contributed by atoms with Crippen LogP contribution >= 0.6 is 11.6 Å². The van der Waals surface area contributed by atoms with E-state index in [9.17, 15) is 5.11 Å². The van der Waals surface area contributed by atoms with Gasteiger partial charge in [-0.25, -0.2) is 0 Å². The molecule has 0 amide bonds. The fourth-order valence-electron chi connectivity index (χ4n) is 3.05.